The van der Waals surface area contributed by atoms with Crippen molar-refractivity contribution in [3.63, 3.8) is 0 Å². The molecule has 0 aromatic rings. The second-order valence-electron chi connectivity index (χ2n) is 4.67. The predicted octanol–water partition coefficient (Wildman–Crippen LogP) is 0.831. The fourth-order valence-corrected chi connectivity index (χ4v) is 2.23. The van der Waals surface area contributed by atoms with E-state index in [-0.39, 0.29) is 5.91 Å². The minimum atomic E-state index is 0.0409. The van der Waals surface area contributed by atoms with Crippen LogP contribution in [0, 0.1) is 5.92 Å². The summed E-state index contributed by atoms with van der Waals surface area (Å²) in [4.78, 5) is 13.6. The maximum absolute atomic E-state index is 11.2. The molecule has 15 heavy (non-hydrogen) atoms. The van der Waals surface area contributed by atoms with Crippen molar-refractivity contribution in [2.75, 3.05) is 27.2 Å². The monoisotopic (exact) mass is 213 g/mol. The molecule has 1 heterocycles. The first kappa shape index (κ1) is 12.5. The number of hydrogen-bond donors (Lipinski definition) is 1. The van der Waals surface area contributed by atoms with Crippen LogP contribution in [0.25, 0.3) is 0 Å². The summed E-state index contributed by atoms with van der Waals surface area (Å²) in [5, 5.41) is 1.19. The van der Waals surface area contributed by atoms with Crippen LogP contribution in [-0.2, 0) is 4.79 Å². The highest BCUT2D eigenvalue weighted by molar-refractivity contribution is 5.75. The van der Waals surface area contributed by atoms with E-state index in [1.165, 1.54) is 30.9 Å². The number of carbonyl (C=O) groups excluding carboxylic acids is 1. The van der Waals surface area contributed by atoms with Gasteiger partial charge in [-0.3, -0.25) is 9.80 Å². The molecule has 88 valence electrons. The van der Waals surface area contributed by atoms with Gasteiger partial charge in [-0.2, -0.15) is 0 Å². The molecule has 1 atom stereocenters. The topological polar surface area (TPSA) is 49.6 Å². The van der Waals surface area contributed by atoms with Crippen LogP contribution in [-0.4, -0.2) is 43.0 Å². The largest absolute Gasteiger partial charge is 0.306 e. The van der Waals surface area contributed by atoms with Gasteiger partial charge in [0.25, 0.3) is 0 Å². The van der Waals surface area contributed by atoms with Crippen molar-refractivity contribution < 1.29 is 4.79 Å². The summed E-state index contributed by atoms with van der Waals surface area (Å²) in [5.41, 5.74) is 0. The third-order valence-corrected chi connectivity index (χ3v) is 3.12. The van der Waals surface area contributed by atoms with Crippen LogP contribution >= 0.6 is 0 Å². The van der Waals surface area contributed by atoms with Gasteiger partial charge in [0, 0.05) is 20.0 Å². The number of nitrogens with zero attached hydrogens (tertiary/aromatic N) is 2. The van der Waals surface area contributed by atoms with Crippen molar-refractivity contribution in [1.29, 1.82) is 0 Å². The Kier molecular flexibility index (Phi) is 5.05. The van der Waals surface area contributed by atoms with Crippen molar-refractivity contribution in [2.24, 2.45) is 11.8 Å². The maximum atomic E-state index is 11.2. The van der Waals surface area contributed by atoms with E-state index in [0.29, 0.717) is 6.42 Å². The van der Waals surface area contributed by atoms with Crippen molar-refractivity contribution in [3.05, 3.63) is 0 Å². The lowest BCUT2D eigenvalue weighted by Gasteiger charge is -2.29. The molecule has 0 aromatic heterocycles. The Hall–Kier alpha value is -0.610. The van der Waals surface area contributed by atoms with E-state index in [2.05, 4.69) is 11.9 Å². The van der Waals surface area contributed by atoms with Gasteiger partial charge in [-0.1, -0.05) is 0 Å². The number of hydrazine groups is 1. The van der Waals surface area contributed by atoms with E-state index in [4.69, 9.17) is 5.84 Å². The predicted molar refractivity (Wildman–Crippen MR) is 61.0 cm³/mol. The first-order chi connectivity index (χ1) is 7.09. The number of hydrogen-bond acceptors (Lipinski definition) is 3. The molecule has 0 bridgehead atoms. The molecule has 1 aliphatic rings. The molecule has 0 aromatic carbocycles. The average Bonchev–Trinajstić information content (AvgIpc) is 2.17. The van der Waals surface area contributed by atoms with Crippen molar-refractivity contribution in [3.8, 4) is 0 Å². The van der Waals surface area contributed by atoms with Crippen LogP contribution in [0.3, 0.4) is 0 Å². The summed E-state index contributed by atoms with van der Waals surface area (Å²) in [6.07, 6.45) is 5.33. The fourth-order valence-electron chi connectivity index (χ4n) is 2.23. The summed E-state index contributed by atoms with van der Waals surface area (Å²) in [6, 6.07) is 0. The summed E-state index contributed by atoms with van der Waals surface area (Å²) in [7, 11) is 3.78. The Morgan fingerprint density at radius 2 is 2.33 bits per heavy atom. The van der Waals surface area contributed by atoms with E-state index < -0.39 is 0 Å². The van der Waals surface area contributed by atoms with Gasteiger partial charge < -0.3 is 4.90 Å². The molecule has 4 heteroatoms. The molecule has 0 radical (unpaired) electrons. The highest BCUT2D eigenvalue weighted by Crippen LogP contribution is 2.20. The van der Waals surface area contributed by atoms with Crippen LogP contribution in [0.1, 0.15) is 32.1 Å². The lowest BCUT2D eigenvalue weighted by molar-refractivity contribution is -0.130. The smallest absolute Gasteiger partial charge is 0.236 e. The molecule has 1 unspecified atom stereocenters. The van der Waals surface area contributed by atoms with Crippen LogP contribution in [0.5, 0.6) is 0 Å². The molecule has 1 amide bonds. The fraction of sp³-hybridized carbons (Fsp3) is 0.909. The first-order valence-electron chi connectivity index (χ1n) is 5.79. The zero-order chi connectivity index (χ0) is 11.3. The van der Waals surface area contributed by atoms with Gasteiger partial charge in [-0.15, -0.1) is 0 Å². The third-order valence-electron chi connectivity index (χ3n) is 3.12. The van der Waals surface area contributed by atoms with E-state index in [9.17, 15) is 4.79 Å². The van der Waals surface area contributed by atoms with E-state index >= 15 is 0 Å². The highest BCUT2D eigenvalue weighted by Gasteiger charge is 2.17. The number of likely N-dealkylation sites (tertiary alicyclic amines) is 1. The molecule has 1 rings (SSSR count). The van der Waals surface area contributed by atoms with Gasteiger partial charge in [0.05, 0.1) is 0 Å². The summed E-state index contributed by atoms with van der Waals surface area (Å²) in [6.45, 7) is 2.41. The van der Waals surface area contributed by atoms with Gasteiger partial charge in [-0.05, 0) is 45.2 Å². The number of amides is 1. The minimum absolute atomic E-state index is 0.0409. The second-order valence-corrected chi connectivity index (χ2v) is 4.67. The summed E-state index contributed by atoms with van der Waals surface area (Å²) in [5.74, 6) is 6.17. The lowest BCUT2D eigenvalue weighted by atomic mass is 9.93. The normalized spacial score (nSPS) is 22.7. The van der Waals surface area contributed by atoms with E-state index in [0.717, 1.165) is 18.8 Å². The van der Waals surface area contributed by atoms with Crippen molar-refractivity contribution in [1.82, 2.24) is 9.91 Å². The molecule has 1 saturated heterocycles. The van der Waals surface area contributed by atoms with Crippen molar-refractivity contribution in [2.45, 2.75) is 32.1 Å². The van der Waals surface area contributed by atoms with Gasteiger partial charge in [-0.25, -0.2) is 5.84 Å². The molecular weight excluding hydrogens is 190 g/mol. The Morgan fingerprint density at radius 3 is 2.93 bits per heavy atom. The third kappa shape index (κ3) is 4.62. The van der Waals surface area contributed by atoms with Crippen LogP contribution < -0.4 is 5.84 Å². The minimum Gasteiger partial charge on any atom is -0.306 e. The molecule has 4 nitrogen and oxygen atoms in total. The zero-order valence-electron chi connectivity index (χ0n) is 9.91. The Bertz CT molecular complexity index is 206. The summed E-state index contributed by atoms with van der Waals surface area (Å²) >= 11 is 0. The molecule has 0 aliphatic carbocycles. The maximum Gasteiger partial charge on any atom is 0.236 e. The van der Waals surface area contributed by atoms with Gasteiger partial charge in [0.15, 0.2) is 0 Å². The molecule has 2 N–H and O–H groups in total. The summed E-state index contributed by atoms with van der Waals surface area (Å²) < 4.78 is 0. The Labute approximate surface area is 92.4 Å². The van der Waals surface area contributed by atoms with E-state index in [1.54, 1.807) is 7.05 Å². The second kappa shape index (κ2) is 6.08. The standard InChI is InChI=1S/C11H23N3O/c1-13-8-4-6-10(9-13)5-3-7-11(15)14(2)12/h10H,3-9,12H2,1-2H3. The zero-order valence-corrected chi connectivity index (χ0v) is 9.91. The number of carbonyl (C=O) groups is 1. The Balaban J connectivity index is 2.11. The molecule has 0 spiro atoms. The average molecular weight is 213 g/mol. The number of rotatable bonds is 4. The van der Waals surface area contributed by atoms with Crippen LogP contribution in [0.2, 0.25) is 0 Å². The Morgan fingerprint density at radius 1 is 1.60 bits per heavy atom. The van der Waals surface area contributed by atoms with Gasteiger partial charge in [0.1, 0.15) is 0 Å². The van der Waals surface area contributed by atoms with Crippen LogP contribution in [0.15, 0.2) is 0 Å². The van der Waals surface area contributed by atoms with Gasteiger partial charge >= 0.3 is 0 Å². The number of nitrogens with two attached hydrogens (primary N) is 1. The molecule has 1 fully saturated rings. The van der Waals surface area contributed by atoms with Crippen LogP contribution in [0.4, 0.5) is 0 Å². The van der Waals surface area contributed by atoms with Crippen molar-refractivity contribution >= 4 is 5.91 Å². The molecular formula is C11H23N3O. The van der Waals surface area contributed by atoms with Gasteiger partial charge in [0.2, 0.25) is 5.91 Å². The number of piperidine rings is 1. The molecule has 1 aliphatic heterocycles. The van der Waals surface area contributed by atoms with E-state index in [1.807, 2.05) is 0 Å². The quantitative estimate of drug-likeness (QED) is 0.427. The SMILES string of the molecule is CN1CCCC(CCCC(=O)N(C)N)C1. The lowest BCUT2D eigenvalue weighted by Crippen LogP contribution is -2.34. The molecule has 0 saturated carbocycles. The highest BCUT2D eigenvalue weighted by atomic mass is 16.2. The first-order valence-corrected chi connectivity index (χ1v) is 5.79.